The molecule has 0 amide bonds. The zero-order valence-electron chi connectivity index (χ0n) is 13.4. The van der Waals surface area contributed by atoms with Crippen LogP contribution < -0.4 is 5.32 Å². The number of hydrogen-bond acceptors (Lipinski definition) is 1. The number of hydrogen-bond donors (Lipinski definition) is 1. The standard InChI is InChI=1S/C18H15F2N.C2H6/c1-12-17(20)11-15(13-7-3-2-4-8-13)18(21-12)14-9-5-6-10-16(14)19;1-2/h2-10,17,21H,1,11H2;1-2H3. The van der Waals surface area contributed by atoms with E-state index in [0.717, 1.165) is 11.1 Å². The maximum atomic E-state index is 14.1. The van der Waals surface area contributed by atoms with Crippen molar-refractivity contribution >= 4 is 11.3 Å². The number of benzene rings is 2. The van der Waals surface area contributed by atoms with Gasteiger partial charge < -0.3 is 5.32 Å². The van der Waals surface area contributed by atoms with Crippen molar-refractivity contribution in [2.24, 2.45) is 0 Å². The predicted molar refractivity (Wildman–Crippen MR) is 92.8 cm³/mol. The Morgan fingerprint density at radius 3 is 2.26 bits per heavy atom. The van der Waals surface area contributed by atoms with Crippen molar-refractivity contribution in [1.82, 2.24) is 5.32 Å². The SMILES string of the molecule is C=C1NC(c2ccccc2F)=C(c2ccccc2)CC1F.CC. The molecule has 23 heavy (non-hydrogen) atoms. The van der Waals surface area contributed by atoms with Gasteiger partial charge in [0.15, 0.2) is 0 Å². The van der Waals surface area contributed by atoms with E-state index in [-0.39, 0.29) is 17.9 Å². The summed E-state index contributed by atoms with van der Waals surface area (Å²) in [7, 11) is 0. The minimum atomic E-state index is -1.17. The summed E-state index contributed by atoms with van der Waals surface area (Å²) in [5, 5.41) is 2.94. The normalized spacial score (nSPS) is 17.2. The summed E-state index contributed by atoms with van der Waals surface area (Å²) in [4.78, 5) is 0. The zero-order valence-corrected chi connectivity index (χ0v) is 13.4. The van der Waals surface area contributed by atoms with Crippen molar-refractivity contribution in [2.75, 3.05) is 0 Å². The largest absolute Gasteiger partial charge is 0.356 e. The summed E-state index contributed by atoms with van der Waals surface area (Å²) in [6, 6.07) is 16.0. The van der Waals surface area contributed by atoms with Crippen LogP contribution >= 0.6 is 0 Å². The molecule has 1 aliphatic rings. The molecule has 3 rings (SSSR count). The highest BCUT2D eigenvalue weighted by molar-refractivity contribution is 5.92. The monoisotopic (exact) mass is 313 g/mol. The van der Waals surface area contributed by atoms with Crippen LogP contribution in [0.1, 0.15) is 31.4 Å². The highest BCUT2D eigenvalue weighted by atomic mass is 19.1. The summed E-state index contributed by atoms with van der Waals surface area (Å²) in [5.41, 5.74) is 2.95. The fourth-order valence-electron chi connectivity index (χ4n) is 2.51. The number of allylic oxidation sites excluding steroid dienone is 2. The lowest BCUT2D eigenvalue weighted by Gasteiger charge is -2.27. The molecule has 3 heteroatoms. The Kier molecular flexibility index (Phi) is 5.69. The Labute approximate surface area is 136 Å². The Hall–Kier alpha value is -2.42. The molecule has 1 unspecified atom stereocenters. The second-order valence-electron chi connectivity index (χ2n) is 5.02. The van der Waals surface area contributed by atoms with E-state index in [2.05, 4.69) is 11.9 Å². The molecule has 0 aliphatic carbocycles. The second kappa shape index (κ2) is 7.73. The van der Waals surface area contributed by atoms with Crippen LogP contribution in [0.2, 0.25) is 0 Å². The third kappa shape index (κ3) is 3.67. The quantitative estimate of drug-likeness (QED) is 0.765. The van der Waals surface area contributed by atoms with Gasteiger partial charge in [-0.15, -0.1) is 0 Å². The third-order valence-corrected chi connectivity index (χ3v) is 3.61. The number of nitrogens with one attached hydrogen (secondary N) is 1. The average Bonchev–Trinajstić information content (AvgIpc) is 2.60. The highest BCUT2D eigenvalue weighted by Gasteiger charge is 2.26. The van der Waals surface area contributed by atoms with E-state index in [1.807, 2.05) is 44.2 Å². The third-order valence-electron chi connectivity index (χ3n) is 3.61. The van der Waals surface area contributed by atoms with Crippen molar-refractivity contribution in [2.45, 2.75) is 26.4 Å². The summed E-state index contributed by atoms with van der Waals surface area (Å²) in [5.74, 6) is -0.335. The topological polar surface area (TPSA) is 12.0 Å². The van der Waals surface area contributed by atoms with Crippen LogP contribution in [-0.4, -0.2) is 6.17 Å². The number of alkyl halides is 1. The van der Waals surface area contributed by atoms with E-state index < -0.39 is 6.17 Å². The van der Waals surface area contributed by atoms with Gasteiger partial charge in [0.1, 0.15) is 12.0 Å². The molecule has 1 nitrogen and oxygen atoms in total. The van der Waals surface area contributed by atoms with Crippen LogP contribution in [0.25, 0.3) is 11.3 Å². The van der Waals surface area contributed by atoms with Gasteiger partial charge in [0, 0.05) is 17.7 Å². The van der Waals surface area contributed by atoms with Gasteiger partial charge in [-0.3, -0.25) is 0 Å². The minimum absolute atomic E-state index is 0.194. The van der Waals surface area contributed by atoms with Crippen molar-refractivity contribution in [3.05, 3.63) is 83.8 Å². The predicted octanol–water partition coefficient (Wildman–Crippen LogP) is 5.57. The van der Waals surface area contributed by atoms with E-state index in [0.29, 0.717) is 11.3 Å². The molecule has 0 spiro atoms. The average molecular weight is 313 g/mol. The van der Waals surface area contributed by atoms with Crippen LogP contribution in [0.3, 0.4) is 0 Å². The lowest BCUT2D eigenvalue weighted by Crippen LogP contribution is -2.26. The molecule has 1 atom stereocenters. The zero-order chi connectivity index (χ0) is 16.8. The van der Waals surface area contributed by atoms with Gasteiger partial charge >= 0.3 is 0 Å². The van der Waals surface area contributed by atoms with Crippen LogP contribution in [0.4, 0.5) is 8.78 Å². The van der Waals surface area contributed by atoms with Crippen molar-refractivity contribution in [3.63, 3.8) is 0 Å². The maximum absolute atomic E-state index is 14.1. The Morgan fingerprint density at radius 2 is 1.61 bits per heavy atom. The molecule has 0 saturated heterocycles. The second-order valence-corrected chi connectivity index (χ2v) is 5.02. The summed E-state index contributed by atoms with van der Waals surface area (Å²) in [6.45, 7) is 7.69. The fourth-order valence-corrected chi connectivity index (χ4v) is 2.51. The first kappa shape index (κ1) is 16.9. The lowest BCUT2D eigenvalue weighted by molar-refractivity contribution is 0.374. The van der Waals surface area contributed by atoms with Crippen LogP contribution in [0, 0.1) is 5.82 Å². The van der Waals surface area contributed by atoms with Crippen molar-refractivity contribution in [1.29, 1.82) is 0 Å². The van der Waals surface area contributed by atoms with Crippen LogP contribution in [0.5, 0.6) is 0 Å². The minimum Gasteiger partial charge on any atom is -0.356 e. The summed E-state index contributed by atoms with van der Waals surface area (Å²) >= 11 is 0. The molecule has 0 aromatic heterocycles. The smallest absolute Gasteiger partial charge is 0.143 e. The Bertz CT molecular complexity index is 705. The fraction of sp³-hybridized carbons (Fsp3) is 0.200. The Morgan fingerprint density at radius 1 is 1.00 bits per heavy atom. The first-order chi connectivity index (χ1) is 11.2. The number of rotatable bonds is 2. The summed E-state index contributed by atoms with van der Waals surface area (Å²) in [6.07, 6.45) is -0.977. The van der Waals surface area contributed by atoms with E-state index in [4.69, 9.17) is 0 Å². The van der Waals surface area contributed by atoms with Gasteiger partial charge in [0.25, 0.3) is 0 Å². The van der Waals surface area contributed by atoms with Gasteiger partial charge in [-0.25, -0.2) is 8.78 Å². The molecule has 0 bridgehead atoms. The molecule has 0 fully saturated rings. The van der Waals surface area contributed by atoms with Crippen molar-refractivity contribution < 1.29 is 8.78 Å². The van der Waals surface area contributed by atoms with Gasteiger partial charge in [-0.05, 0) is 23.3 Å². The molecule has 2 aromatic carbocycles. The lowest BCUT2D eigenvalue weighted by atomic mass is 9.91. The molecule has 1 heterocycles. The highest BCUT2D eigenvalue weighted by Crippen LogP contribution is 2.35. The molecular formula is C20H21F2N. The molecular weight excluding hydrogens is 292 g/mol. The molecule has 120 valence electrons. The number of halogens is 2. The first-order valence-electron chi connectivity index (χ1n) is 7.80. The molecule has 1 N–H and O–H groups in total. The van der Waals surface area contributed by atoms with Crippen LogP contribution in [0.15, 0.2) is 66.9 Å². The van der Waals surface area contributed by atoms with Gasteiger partial charge in [0.05, 0.1) is 5.70 Å². The summed E-state index contributed by atoms with van der Waals surface area (Å²) < 4.78 is 28.1. The van der Waals surface area contributed by atoms with Gasteiger partial charge in [-0.1, -0.05) is 62.9 Å². The molecule has 0 saturated carbocycles. The van der Waals surface area contributed by atoms with E-state index in [9.17, 15) is 8.78 Å². The van der Waals surface area contributed by atoms with E-state index in [1.165, 1.54) is 6.07 Å². The molecule has 1 aliphatic heterocycles. The van der Waals surface area contributed by atoms with Crippen LogP contribution in [-0.2, 0) is 0 Å². The Balaban J connectivity index is 0.000000924. The van der Waals surface area contributed by atoms with E-state index >= 15 is 0 Å². The molecule has 2 aromatic rings. The van der Waals surface area contributed by atoms with Crippen molar-refractivity contribution in [3.8, 4) is 0 Å². The molecule has 0 radical (unpaired) electrons. The van der Waals surface area contributed by atoms with Gasteiger partial charge in [-0.2, -0.15) is 0 Å². The first-order valence-corrected chi connectivity index (χ1v) is 7.80. The maximum Gasteiger partial charge on any atom is 0.143 e. The van der Waals surface area contributed by atoms with E-state index in [1.54, 1.807) is 18.2 Å². The van der Waals surface area contributed by atoms with Gasteiger partial charge in [0.2, 0.25) is 0 Å².